The van der Waals surface area contributed by atoms with Crippen LogP contribution in [0, 0.1) is 11.3 Å². The molecule has 1 aromatic rings. The van der Waals surface area contributed by atoms with Gasteiger partial charge in [0.1, 0.15) is 0 Å². The Balaban J connectivity index is 1.76. The number of carbonyl (C=O) groups excluding carboxylic acids is 1. The molecule has 0 atom stereocenters. The van der Waals surface area contributed by atoms with E-state index in [2.05, 4.69) is 26.9 Å². The van der Waals surface area contributed by atoms with Gasteiger partial charge in [0.15, 0.2) is 0 Å². The fourth-order valence-electron chi connectivity index (χ4n) is 2.32. The van der Waals surface area contributed by atoms with Crippen molar-refractivity contribution in [3.05, 3.63) is 34.3 Å². The fourth-order valence-corrected chi connectivity index (χ4v) is 2.58. The summed E-state index contributed by atoms with van der Waals surface area (Å²) in [5.41, 5.74) is 1.18. The van der Waals surface area contributed by atoms with Crippen molar-refractivity contribution in [1.82, 2.24) is 9.80 Å². The molecule has 2 rings (SSSR count). The minimum atomic E-state index is 0.213. The van der Waals surface area contributed by atoms with Gasteiger partial charge in [0, 0.05) is 37.1 Å². The summed E-state index contributed by atoms with van der Waals surface area (Å²) in [4.78, 5) is 16.1. The Morgan fingerprint density at radius 3 is 2.45 bits per heavy atom. The number of nitriles is 1. The molecule has 1 amide bonds. The van der Waals surface area contributed by atoms with Crippen LogP contribution in [0.3, 0.4) is 0 Å². The van der Waals surface area contributed by atoms with Gasteiger partial charge in [0.25, 0.3) is 0 Å². The number of amides is 1. The van der Waals surface area contributed by atoms with Gasteiger partial charge < -0.3 is 4.90 Å². The molecule has 0 unspecified atom stereocenters. The Morgan fingerprint density at radius 1 is 1.20 bits per heavy atom. The monoisotopic (exact) mass is 335 g/mol. The summed E-state index contributed by atoms with van der Waals surface area (Å²) in [7, 11) is 0. The highest BCUT2D eigenvalue weighted by Gasteiger charge is 2.20. The van der Waals surface area contributed by atoms with Crippen molar-refractivity contribution in [1.29, 1.82) is 5.26 Å². The number of hydrogen-bond donors (Lipinski definition) is 0. The quantitative estimate of drug-likeness (QED) is 0.791. The van der Waals surface area contributed by atoms with E-state index >= 15 is 0 Å². The van der Waals surface area contributed by atoms with Crippen LogP contribution in [0.25, 0.3) is 0 Å². The van der Waals surface area contributed by atoms with E-state index in [0.29, 0.717) is 13.0 Å². The van der Waals surface area contributed by atoms with Gasteiger partial charge in [-0.3, -0.25) is 9.69 Å². The van der Waals surface area contributed by atoms with Crippen LogP contribution in [0.15, 0.2) is 28.7 Å². The minimum absolute atomic E-state index is 0.213. The lowest BCUT2D eigenvalue weighted by atomic mass is 10.1. The Bertz CT molecular complexity index is 487. The molecule has 106 valence electrons. The lowest BCUT2D eigenvalue weighted by molar-refractivity contribution is -0.132. The second-order valence-electron chi connectivity index (χ2n) is 4.94. The molecule has 1 aromatic carbocycles. The van der Waals surface area contributed by atoms with Gasteiger partial charge in [-0.25, -0.2) is 0 Å². The van der Waals surface area contributed by atoms with Crippen LogP contribution in [0.2, 0.25) is 0 Å². The first-order chi connectivity index (χ1) is 9.69. The number of carbonyl (C=O) groups is 1. The van der Waals surface area contributed by atoms with Crippen molar-refractivity contribution >= 4 is 21.8 Å². The number of halogens is 1. The number of benzene rings is 1. The Kier molecular flexibility index (Phi) is 5.57. The highest BCUT2D eigenvalue weighted by molar-refractivity contribution is 9.10. The zero-order chi connectivity index (χ0) is 14.4. The van der Waals surface area contributed by atoms with E-state index in [1.165, 1.54) is 5.56 Å². The molecule has 1 aliphatic heterocycles. The Morgan fingerprint density at radius 2 is 1.85 bits per heavy atom. The molecule has 0 saturated carbocycles. The maximum Gasteiger partial charge on any atom is 0.222 e. The molecule has 1 saturated heterocycles. The van der Waals surface area contributed by atoms with Crippen molar-refractivity contribution in [3.8, 4) is 6.07 Å². The number of nitrogens with zero attached hydrogens (tertiary/aromatic N) is 3. The van der Waals surface area contributed by atoms with Crippen molar-refractivity contribution < 1.29 is 4.79 Å². The van der Waals surface area contributed by atoms with Crippen molar-refractivity contribution in [2.45, 2.75) is 12.8 Å². The van der Waals surface area contributed by atoms with E-state index in [9.17, 15) is 4.79 Å². The normalized spacial score (nSPS) is 15.9. The molecule has 0 bridgehead atoms. The van der Waals surface area contributed by atoms with Crippen molar-refractivity contribution in [2.75, 3.05) is 32.7 Å². The average molecular weight is 336 g/mol. The summed E-state index contributed by atoms with van der Waals surface area (Å²) in [5.74, 6) is 0.213. The Hall–Kier alpha value is -1.38. The van der Waals surface area contributed by atoms with Gasteiger partial charge in [-0.2, -0.15) is 5.26 Å². The fraction of sp³-hybridized carbons (Fsp3) is 0.467. The van der Waals surface area contributed by atoms with Gasteiger partial charge in [0.05, 0.1) is 12.6 Å². The maximum absolute atomic E-state index is 12.1. The first-order valence-corrected chi connectivity index (χ1v) is 7.60. The van der Waals surface area contributed by atoms with Gasteiger partial charge in [-0.15, -0.1) is 0 Å². The summed E-state index contributed by atoms with van der Waals surface area (Å²) in [5, 5.41) is 8.65. The molecule has 1 heterocycles. The molecule has 0 N–H and O–H groups in total. The van der Waals surface area contributed by atoms with Gasteiger partial charge in [-0.05, 0) is 24.1 Å². The van der Waals surface area contributed by atoms with E-state index in [0.717, 1.165) is 37.1 Å². The largest absolute Gasteiger partial charge is 0.340 e. The van der Waals surface area contributed by atoms with Gasteiger partial charge in [-0.1, -0.05) is 28.1 Å². The van der Waals surface area contributed by atoms with Crippen molar-refractivity contribution in [2.24, 2.45) is 0 Å². The molecular weight excluding hydrogens is 318 g/mol. The minimum Gasteiger partial charge on any atom is -0.340 e. The molecule has 4 nitrogen and oxygen atoms in total. The van der Waals surface area contributed by atoms with E-state index in [4.69, 9.17) is 5.26 Å². The third-order valence-corrected chi connectivity index (χ3v) is 4.09. The maximum atomic E-state index is 12.1. The van der Waals surface area contributed by atoms with Gasteiger partial charge >= 0.3 is 0 Å². The van der Waals surface area contributed by atoms with Crippen LogP contribution >= 0.6 is 15.9 Å². The molecule has 0 aliphatic carbocycles. The molecule has 1 aliphatic rings. The molecule has 0 radical (unpaired) electrons. The lowest BCUT2D eigenvalue weighted by Gasteiger charge is -2.33. The van der Waals surface area contributed by atoms with E-state index in [1.807, 2.05) is 29.2 Å². The first-order valence-electron chi connectivity index (χ1n) is 6.80. The summed E-state index contributed by atoms with van der Waals surface area (Å²) >= 11 is 3.40. The van der Waals surface area contributed by atoms with Crippen LogP contribution in [-0.4, -0.2) is 48.4 Å². The molecular formula is C15H18BrN3O. The smallest absolute Gasteiger partial charge is 0.222 e. The first kappa shape index (κ1) is 15.0. The Labute approximate surface area is 128 Å². The second kappa shape index (κ2) is 7.41. The number of hydrogen-bond acceptors (Lipinski definition) is 3. The van der Waals surface area contributed by atoms with Crippen LogP contribution < -0.4 is 0 Å². The SMILES string of the molecule is N#CCN1CCN(C(=O)CCc2ccc(Br)cc2)CC1. The van der Waals surface area contributed by atoms with E-state index in [-0.39, 0.29) is 5.91 Å². The van der Waals surface area contributed by atoms with Crippen molar-refractivity contribution in [3.63, 3.8) is 0 Å². The molecule has 1 fully saturated rings. The number of aryl methyl sites for hydroxylation is 1. The summed E-state index contributed by atoms with van der Waals surface area (Å²) in [6.07, 6.45) is 1.34. The third kappa shape index (κ3) is 4.32. The molecule has 5 heteroatoms. The van der Waals surface area contributed by atoms with Crippen LogP contribution in [-0.2, 0) is 11.2 Å². The van der Waals surface area contributed by atoms with Gasteiger partial charge in [0.2, 0.25) is 5.91 Å². The predicted octanol–water partition coefficient (Wildman–Crippen LogP) is 2.05. The van der Waals surface area contributed by atoms with Crippen LogP contribution in [0.1, 0.15) is 12.0 Å². The summed E-state index contributed by atoms with van der Waals surface area (Å²) < 4.78 is 1.06. The van der Waals surface area contributed by atoms with Crippen LogP contribution in [0.4, 0.5) is 0 Å². The zero-order valence-corrected chi connectivity index (χ0v) is 13.0. The molecule has 0 aromatic heterocycles. The highest BCUT2D eigenvalue weighted by atomic mass is 79.9. The number of piperazine rings is 1. The van der Waals surface area contributed by atoms with E-state index < -0.39 is 0 Å². The lowest BCUT2D eigenvalue weighted by Crippen LogP contribution is -2.48. The average Bonchev–Trinajstić information content (AvgIpc) is 2.47. The predicted molar refractivity (Wildman–Crippen MR) is 81.1 cm³/mol. The van der Waals surface area contributed by atoms with E-state index in [1.54, 1.807) is 0 Å². The zero-order valence-electron chi connectivity index (χ0n) is 11.4. The summed E-state index contributed by atoms with van der Waals surface area (Å²) in [6, 6.07) is 10.2. The molecule has 20 heavy (non-hydrogen) atoms. The summed E-state index contributed by atoms with van der Waals surface area (Å²) in [6.45, 7) is 3.54. The molecule has 0 spiro atoms. The standard InChI is InChI=1S/C15H18BrN3O/c16-14-4-1-13(2-5-14)3-6-15(20)19-11-9-18(8-7-17)10-12-19/h1-2,4-5H,3,6,8-12H2. The topological polar surface area (TPSA) is 47.3 Å². The number of rotatable bonds is 4. The third-order valence-electron chi connectivity index (χ3n) is 3.56. The highest BCUT2D eigenvalue weighted by Crippen LogP contribution is 2.12. The van der Waals surface area contributed by atoms with Crippen LogP contribution in [0.5, 0.6) is 0 Å². The second-order valence-corrected chi connectivity index (χ2v) is 5.86.